The number of rotatable bonds is 11. The first-order valence-corrected chi connectivity index (χ1v) is 11.1. The highest BCUT2D eigenvalue weighted by Gasteiger charge is 2.42. The van der Waals surface area contributed by atoms with Crippen molar-refractivity contribution in [1.29, 1.82) is 0 Å². The van der Waals surface area contributed by atoms with Crippen molar-refractivity contribution < 1.29 is 14.7 Å². The van der Waals surface area contributed by atoms with Crippen molar-refractivity contribution in [2.24, 2.45) is 17.8 Å². The number of anilines is 2. The normalized spacial score (nSPS) is 12.6. The molecular formula is C26H36N2O3. The van der Waals surface area contributed by atoms with Crippen LogP contribution in [0.25, 0.3) is 0 Å². The van der Waals surface area contributed by atoms with Crippen LogP contribution in [0.15, 0.2) is 60.7 Å². The Morgan fingerprint density at radius 3 is 1.71 bits per heavy atom. The molecule has 2 aromatic rings. The third-order valence-electron chi connectivity index (χ3n) is 5.25. The first-order chi connectivity index (χ1) is 14.7. The Kier molecular flexibility index (Phi) is 9.25. The SMILES string of the molecule is CC(C)CC(O)(CC(C)C)[C@@H](CCC(=O)Nc1ccccc1)C(=O)Nc1ccccc1. The molecule has 0 saturated carbocycles. The molecule has 0 unspecified atom stereocenters. The van der Waals surface area contributed by atoms with Gasteiger partial charge in [0.2, 0.25) is 11.8 Å². The van der Waals surface area contributed by atoms with E-state index in [0.29, 0.717) is 18.5 Å². The number of aliphatic hydroxyl groups is 1. The lowest BCUT2D eigenvalue weighted by Gasteiger charge is -2.38. The summed E-state index contributed by atoms with van der Waals surface area (Å²) in [6.45, 7) is 8.16. The third kappa shape index (κ3) is 8.18. The molecule has 0 spiro atoms. The van der Waals surface area contributed by atoms with Crippen LogP contribution in [0.5, 0.6) is 0 Å². The summed E-state index contributed by atoms with van der Waals surface area (Å²) in [5.74, 6) is -0.676. The topological polar surface area (TPSA) is 78.4 Å². The van der Waals surface area contributed by atoms with Gasteiger partial charge in [0.15, 0.2) is 0 Å². The molecule has 0 fully saturated rings. The fraction of sp³-hybridized carbons (Fsp3) is 0.462. The number of para-hydroxylation sites is 2. The molecule has 0 aliphatic rings. The quantitative estimate of drug-likeness (QED) is 0.447. The maximum absolute atomic E-state index is 13.3. The van der Waals surface area contributed by atoms with Crippen LogP contribution in [0, 0.1) is 17.8 Å². The second kappa shape index (κ2) is 11.7. The molecule has 0 radical (unpaired) electrons. The maximum Gasteiger partial charge on any atom is 0.230 e. The van der Waals surface area contributed by atoms with E-state index in [1.165, 1.54) is 0 Å². The number of carbonyl (C=O) groups excluding carboxylic acids is 2. The average molecular weight is 425 g/mol. The average Bonchev–Trinajstić information content (AvgIpc) is 2.68. The minimum absolute atomic E-state index is 0.153. The Bertz CT molecular complexity index is 809. The van der Waals surface area contributed by atoms with Gasteiger partial charge in [-0.15, -0.1) is 0 Å². The van der Waals surface area contributed by atoms with Crippen molar-refractivity contribution in [2.75, 3.05) is 10.6 Å². The molecule has 2 aromatic carbocycles. The number of carbonyl (C=O) groups is 2. The lowest BCUT2D eigenvalue weighted by Crippen LogP contribution is -2.47. The highest BCUT2D eigenvalue weighted by atomic mass is 16.3. The molecule has 0 aliphatic carbocycles. The molecule has 3 N–H and O–H groups in total. The van der Waals surface area contributed by atoms with Crippen LogP contribution >= 0.6 is 0 Å². The zero-order valence-electron chi connectivity index (χ0n) is 19.1. The zero-order chi connectivity index (χ0) is 22.9. The van der Waals surface area contributed by atoms with Gasteiger partial charge in [0, 0.05) is 17.8 Å². The first-order valence-electron chi connectivity index (χ1n) is 11.1. The lowest BCUT2D eigenvalue weighted by molar-refractivity contribution is -0.133. The van der Waals surface area contributed by atoms with Crippen molar-refractivity contribution in [2.45, 2.75) is 59.0 Å². The fourth-order valence-corrected chi connectivity index (χ4v) is 4.20. The van der Waals surface area contributed by atoms with Gasteiger partial charge in [-0.25, -0.2) is 0 Å². The van der Waals surface area contributed by atoms with Gasteiger partial charge in [0.25, 0.3) is 0 Å². The van der Waals surface area contributed by atoms with Crippen molar-refractivity contribution >= 4 is 23.2 Å². The number of hydrogen-bond donors (Lipinski definition) is 3. The molecule has 5 heteroatoms. The van der Waals surface area contributed by atoms with E-state index in [2.05, 4.69) is 10.6 Å². The van der Waals surface area contributed by atoms with E-state index in [4.69, 9.17) is 0 Å². The second-order valence-electron chi connectivity index (χ2n) is 9.16. The van der Waals surface area contributed by atoms with Crippen molar-refractivity contribution in [3.8, 4) is 0 Å². The molecule has 0 aliphatic heterocycles. The van der Waals surface area contributed by atoms with Crippen LogP contribution in [0.3, 0.4) is 0 Å². The van der Waals surface area contributed by atoms with Crippen LogP contribution in [0.2, 0.25) is 0 Å². The molecule has 2 amide bonds. The highest BCUT2D eigenvalue weighted by Crippen LogP contribution is 2.36. The molecule has 0 bridgehead atoms. The van der Waals surface area contributed by atoms with Crippen LogP contribution in [-0.2, 0) is 9.59 Å². The van der Waals surface area contributed by atoms with Gasteiger partial charge in [0.05, 0.1) is 11.5 Å². The minimum atomic E-state index is -1.19. The van der Waals surface area contributed by atoms with Gasteiger partial charge < -0.3 is 15.7 Å². The fourth-order valence-electron chi connectivity index (χ4n) is 4.20. The molecule has 168 valence electrons. The number of benzene rings is 2. The summed E-state index contributed by atoms with van der Waals surface area (Å²) in [5, 5.41) is 17.5. The molecule has 0 heterocycles. The predicted molar refractivity (Wildman–Crippen MR) is 127 cm³/mol. The Morgan fingerprint density at radius 2 is 1.26 bits per heavy atom. The highest BCUT2D eigenvalue weighted by molar-refractivity contribution is 5.94. The Labute approximate surface area is 186 Å². The molecule has 2 rings (SSSR count). The Hall–Kier alpha value is -2.66. The molecule has 0 aromatic heterocycles. The van der Waals surface area contributed by atoms with Gasteiger partial charge in [-0.2, -0.15) is 0 Å². The van der Waals surface area contributed by atoms with E-state index in [-0.39, 0.29) is 36.5 Å². The van der Waals surface area contributed by atoms with Crippen LogP contribution < -0.4 is 10.6 Å². The summed E-state index contributed by atoms with van der Waals surface area (Å²) in [6.07, 6.45) is 1.42. The standard InChI is InChI=1S/C26H36N2O3/c1-19(2)17-26(31,18-20(3)4)23(25(30)28-22-13-9-6-10-14-22)15-16-24(29)27-21-11-7-5-8-12-21/h5-14,19-20,23,31H,15-18H2,1-4H3,(H,27,29)(H,28,30)/t23-/m0/s1. The van der Waals surface area contributed by atoms with Crippen LogP contribution in [0.4, 0.5) is 11.4 Å². The third-order valence-corrected chi connectivity index (χ3v) is 5.25. The predicted octanol–water partition coefficient (Wildman–Crippen LogP) is 5.48. The maximum atomic E-state index is 13.3. The summed E-state index contributed by atoms with van der Waals surface area (Å²) in [4.78, 5) is 25.8. The van der Waals surface area contributed by atoms with Gasteiger partial charge >= 0.3 is 0 Å². The van der Waals surface area contributed by atoms with Crippen LogP contribution in [-0.4, -0.2) is 22.5 Å². The number of amides is 2. The van der Waals surface area contributed by atoms with E-state index in [0.717, 1.165) is 5.69 Å². The smallest absolute Gasteiger partial charge is 0.230 e. The number of nitrogens with one attached hydrogen (secondary N) is 2. The van der Waals surface area contributed by atoms with Crippen molar-refractivity contribution in [3.63, 3.8) is 0 Å². The Morgan fingerprint density at radius 1 is 0.806 bits per heavy atom. The lowest BCUT2D eigenvalue weighted by atomic mass is 9.73. The van der Waals surface area contributed by atoms with E-state index in [1.807, 2.05) is 88.4 Å². The molecule has 0 saturated heterocycles. The van der Waals surface area contributed by atoms with Crippen molar-refractivity contribution in [3.05, 3.63) is 60.7 Å². The molecule has 31 heavy (non-hydrogen) atoms. The molecular weight excluding hydrogens is 388 g/mol. The van der Waals surface area contributed by atoms with Crippen LogP contribution in [0.1, 0.15) is 53.4 Å². The molecule has 1 atom stereocenters. The minimum Gasteiger partial charge on any atom is -0.389 e. The van der Waals surface area contributed by atoms with E-state index < -0.39 is 11.5 Å². The summed E-state index contributed by atoms with van der Waals surface area (Å²) >= 11 is 0. The van der Waals surface area contributed by atoms with E-state index >= 15 is 0 Å². The monoisotopic (exact) mass is 424 g/mol. The summed E-state index contributed by atoms with van der Waals surface area (Å²) in [5.41, 5.74) is 0.217. The summed E-state index contributed by atoms with van der Waals surface area (Å²) < 4.78 is 0. The largest absolute Gasteiger partial charge is 0.389 e. The van der Waals surface area contributed by atoms with Gasteiger partial charge in [0.1, 0.15) is 0 Å². The van der Waals surface area contributed by atoms with Crippen molar-refractivity contribution in [1.82, 2.24) is 0 Å². The van der Waals surface area contributed by atoms with E-state index in [9.17, 15) is 14.7 Å². The number of hydrogen-bond acceptors (Lipinski definition) is 3. The summed E-state index contributed by atoms with van der Waals surface area (Å²) in [6, 6.07) is 18.5. The Balaban J connectivity index is 2.20. The first kappa shape index (κ1) is 24.6. The van der Waals surface area contributed by atoms with E-state index in [1.54, 1.807) is 0 Å². The van der Waals surface area contributed by atoms with Gasteiger partial charge in [-0.3, -0.25) is 9.59 Å². The zero-order valence-corrected chi connectivity index (χ0v) is 19.1. The van der Waals surface area contributed by atoms with Gasteiger partial charge in [-0.05, 0) is 55.4 Å². The second-order valence-corrected chi connectivity index (χ2v) is 9.16. The van der Waals surface area contributed by atoms with Gasteiger partial charge in [-0.1, -0.05) is 64.1 Å². The summed E-state index contributed by atoms with van der Waals surface area (Å²) in [7, 11) is 0. The molecule has 5 nitrogen and oxygen atoms in total.